The van der Waals surface area contributed by atoms with Gasteiger partial charge in [0.1, 0.15) is 0 Å². The maximum absolute atomic E-state index is 13.1. The largest absolute Gasteiger partial charge is 0.332 e. The molecule has 0 N–H and O–H groups in total. The van der Waals surface area contributed by atoms with Gasteiger partial charge in [0.05, 0.1) is 29.0 Å². The highest BCUT2D eigenvalue weighted by Gasteiger charge is 2.36. The number of para-hydroxylation sites is 1. The molecule has 3 aromatic rings. The van der Waals surface area contributed by atoms with Crippen LogP contribution in [0.15, 0.2) is 48.7 Å². The Morgan fingerprint density at radius 2 is 1.87 bits per heavy atom. The second kappa shape index (κ2) is 7.53. The predicted molar refractivity (Wildman–Crippen MR) is 114 cm³/mol. The Hall–Kier alpha value is -3.26. The Bertz CT molecular complexity index is 1200. The van der Waals surface area contributed by atoms with E-state index in [9.17, 15) is 14.4 Å². The Labute approximate surface area is 177 Å². The van der Waals surface area contributed by atoms with Gasteiger partial charge in [0, 0.05) is 42.5 Å². The molecule has 4 heterocycles. The highest BCUT2D eigenvalue weighted by Crippen LogP contribution is 2.32. The highest BCUT2D eigenvalue weighted by molar-refractivity contribution is 8.15. The molecule has 1 fully saturated rings. The summed E-state index contributed by atoms with van der Waals surface area (Å²) in [4.78, 5) is 49.4. The maximum atomic E-state index is 13.1. The molecule has 0 aliphatic carbocycles. The first-order chi connectivity index (χ1) is 14.6. The number of hydrogen-bond acceptors (Lipinski definition) is 6. The second-order valence-electron chi connectivity index (χ2n) is 7.22. The van der Waals surface area contributed by atoms with Gasteiger partial charge in [-0.15, -0.1) is 0 Å². The number of carbonyl (C=O) groups is 3. The van der Waals surface area contributed by atoms with Gasteiger partial charge in [0.15, 0.2) is 0 Å². The predicted octanol–water partition coefficient (Wildman–Crippen LogP) is 2.43. The third kappa shape index (κ3) is 3.23. The number of anilines is 1. The molecular weight excluding hydrogens is 400 g/mol. The summed E-state index contributed by atoms with van der Waals surface area (Å²) in [5.74, 6) is -0.216. The Balaban J connectivity index is 1.36. The lowest BCUT2D eigenvalue weighted by Crippen LogP contribution is -2.42. The van der Waals surface area contributed by atoms with Gasteiger partial charge in [0.2, 0.25) is 0 Å². The van der Waals surface area contributed by atoms with Crippen LogP contribution in [0, 0.1) is 0 Å². The molecule has 0 bridgehead atoms. The maximum Gasteiger partial charge on any atom is 0.305 e. The van der Waals surface area contributed by atoms with Crippen LogP contribution in [0.1, 0.15) is 21.7 Å². The summed E-state index contributed by atoms with van der Waals surface area (Å²) in [6.45, 7) is 1.29. The van der Waals surface area contributed by atoms with Gasteiger partial charge in [-0.2, -0.15) is 0 Å². The smallest absolute Gasteiger partial charge is 0.305 e. The first kappa shape index (κ1) is 18.7. The van der Waals surface area contributed by atoms with Crippen molar-refractivity contribution in [2.75, 3.05) is 23.7 Å². The minimum atomic E-state index is -0.578. The standard InChI is InChI=1S/C22H18N4O3S/c27-20-19-17(23-9-7-18(19)26-11-12-30-22(29)21(26)28)13-25(20)10-8-15-6-5-14-3-1-2-4-16(14)24-15/h1-7,9H,8,10-13H2. The second-order valence-corrected chi connectivity index (χ2v) is 8.28. The number of benzene rings is 1. The van der Waals surface area contributed by atoms with Crippen molar-refractivity contribution < 1.29 is 14.4 Å². The van der Waals surface area contributed by atoms with E-state index in [1.54, 1.807) is 17.2 Å². The number of aromatic nitrogens is 2. The summed E-state index contributed by atoms with van der Waals surface area (Å²) in [6.07, 6.45) is 2.22. The quantitative estimate of drug-likeness (QED) is 0.605. The lowest BCUT2D eigenvalue weighted by atomic mass is 10.1. The van der Waals surface area contributed by atoms with Gasteiger partial charge in [-0.3, -0.25) is 24.4 Å². The number of thioether (sulfide) groups is 1. The monoisotopic (exact) mass is 418 g/mol. The number of hydrogen-bond donors (Lipinski definition) is 0. The van der Waals surface area contributed by atoms with Crippen molar-refractivity contribution in [3.8, 4) is 0 Å². The molecule has 0 spiro atoms. The molecule has 0 radical (unpaired) electrons. The number of fused-ring (bicyclic) bond motifs is 2. The van der Waals surface area contributed by atoms with Gasteiger partial charge >= 0.3 is 5.91 Å². The first-order valence-corrected chi connectivity index (χ1v) is 10.7. The van der Waals surface area contributed by atoms with Crippen molar-refractivity contribution >= 4 is 45.3 Å². The third-order valence-corrected chi connectivity index (χ3v) is 6.23. The molecule has 7 nitrogen and oxygen atoms in total. The molecule has 2 amide bonds. The van der Waals surface area contributed by atoms with Crippen molar-refractivity contribution in [1.29, 1.82) is 0 Å². The van der Waals surface area contributed by atoms with E-state index in [0.717, 1.165) is 28.4 Å². The lowest BCUT2D eigenvalue weighted by Gasteiger charge is -2.26. The van der Waals surface area contributed by atoms with Crippen molar-refractivity contribution in [3.63, 3.8) is 0 Å². The van der Waals surface area contributed by atoms with E-state index >= 15 is 0 Å². The Morgan fingerprint density at radius 3 is 2.77 bits per heavy atom. The number of rotatable bonds is 4. The summed E-state index contributed by atoms with van der Waals surface area (Å²) in [5.41, 5.74) is 3.40. The molecule has 5 rings (SSSR count). The van der Waals surface area contributed by atoms with Gasteiger partial charge in [-0.1, -0.05) is 36.0 Å². The van der Waals surface area contributed by atoms with Crippen LogP contribution in [0.5, 0.6) is 0 Å². The van der Waals surface area contributed by atoms with E-state index in [4.69, 9.17) is 0 Å². The molecule has 1 saturated heterocycles. The number of amides is 2. The summed E-state index contributed by atoms with van der Waals surface area (Å²) in [5, 5.41) is 0.593. The summed E-state index contributed by atoms with van der Waals surface area (Å²) >= 11 is 1.02. The average Bonchev–Trinajstić information content (AvgIpc) is 3.10. The van der Waals surface area contributed by atoms with Gasteiger partial charge in [-0.25, -0.2) is 0 Å². The molecule has 2 aliphatic heterocycles. The fraction of sp³-hybridized carbons (Fsp3) is 0.227. The molecule has 30 heavy (non-hydrogen) atoms. The summed E-state index contributed by atoms with van der Waals surface area (Å²) < 4.78 is 0. The summed E-state index contributed by atoms with van der Waals surface area (Å²) in [7, 11) is 0. The molecular formula is C22H18N4O3S. The SMILES string of the molecule is O=C1SCCN(c2ccnc3c2C(=O)N(CCc2ccc4ccccc4n2)C3)C1=O. The zero-order chi connectivity index (χ0) is 20.7. The molecule has 150 valence electrons. The number of pyridine rings is 2. The number of carbonyl (C=O) groups excluding carboxylic acids is 3. The third-order valence-electron chi connectivity index (χ3n) is 5.40. The van der Waals surface area contributed by atoms with Crippen molar-refractivity contribution in [2.45, 2.75) is 13.0 Å². The molecule has 8 heteroatoms. The molecule has 0 unspecified atom stereocenters. The highest BCUT2D eigenvalue weighted by atomic mass is 32.2. The molecule has 1 aromatic carbocycles. The van der Waals surface area contributed by atoms with Crippen LogP contribution in [-0.2, 0) is 22.6 Å². The van der Waals surface area contributed by atoms with Gasteiger partial charge in [0.25, 0.3) is 11.0 Å². The normalized spacial score (nSPS) is 16.5. The van der Waals surface area contributed by atoms with E-state index in [2.05, 4.69) is 9.97 Å². The molecule has 2 aromatic heterocycles. The van der Waals surface area contributed by atoms with Crippen LogP contribution in [0.4, 0.5) is 5.69 Å². The minimum absolute atomic E-state index is 0.160. The first-order valence-electron chi connectivity index (χ1n) is 9.72. The van der Waals surface area contributed by atoms with E-state index < -0.39 is 11.0 Å². The number of nitrogens with zero attached hydrogens (tertiary/aromatic N) is 4. The summed E-state index contributed by atoms with van der Waals surface area (Å²) in [6, 6.07) is 13.6. The minimum Gasteiger partial charge on any atom is -0.332 e. The zero-order valence-corrected chi connectivity index (χ0v) is 16.9. The molecule has 0 atom stereocenters. The van der Waals surface area contributed by atoms with E-state index in [0.29, 0.717) is 48.8 Å². The van der Waals surface area contributed by atoms with E-state index in [-0.39, 0.29) is 5.91 Å². The van der Waals surface area contributed by atoms with Crippen LogP contribution < -0.4 is 4.90 Å². The van der Waals surface area contributed by atoms with Crippen LogP contribution in [-0.4, -0.2) is 50.6 Å². The van der Waals surface area contributed by atoms with Crippen molar-refractivity contribution in [3.05, 3.63) is 65.6 Å². The lowest BCUT2D eigenvalue weighted by molar-refractivity contribution is -0.131. The van der Waals surface area contributed by atoms with Crippen LogP contribution >= 0.6 is 11.8 Å². The topological polar surface area (TPSA) is 83.5 Å². The van der Waals surface area contributed by atoms with Crippen molar-refractivity contribution in [1.82, 2.24) is 14.9 Å². The Morgan fingerprint density at radius 1 is 1.00 bits per heavy atom. The van der Waals surface area contributed by atoms with E-state index in [1.807, 2.05) is 36.4 Å². The fourth-order valence-corrected chi connectivity index (χ4v) is 4.59. The van der Waals surface area contributed by atoms with Gasteiger partial charge < -0.3 is 9.80 Å². The van der Waals surface area contributed by atoms with E-state index in [1.165, 1.54) is 4.90 Å². The molecule has 2 aliphatic rings. The zero-order valence-electron chi connectivity index (χ0n) is 16.1. The van der Waals surface area contributed by atoms with Crippen LogP contribution in [0.2, 0.25) is 0 Å². The Kier molecular flexibility index (Phi) is 4.71. The van der Waals surface area contributed by atoms with Crippen LogP contribution in [0.25, 0.3) is 10.9 Å². The van der Waals surface area contributed by atoms with Crippen molar-refractivity contribution in [2.24, 2.45) is 0 Å². The van der Waals surface area contributed by atoms with Crippen LogP contribution in [0.3, 0.4) is 0 Å². The molecule has 0 saturated carbocycles. The fourth-order valence-electron chi connectivity index (χ4n) is 3.89. The average molecular weight is 418 g/mol. The van der Waals surface area contributed by atoms with Gasteiger partial charge in [-0.05, 0) is 18.2 Å².